The second kappa shape index (κ2) is 10.8. The molecule has 0 fully saturated rings. The van der Waals surface area contributed by atoms with Gasteiger partial charge in [0.15, 0.2) is 4.80 Å². The van der Waals surface area contributed by atoms with Crippen molar-refractivity contribution >= 4 is 45.9 Å². The van der Waals surface area contributed by atoms with Crippen molar-refractivity contribution in [3.8, 4) is 0 Å². The smallest absolute Gasteiger partial charge is 0.338 e. The Morgan fingerprint density at radius 3 is 2.55 bits per heavy atom. The number of para-hydroxylation sites is 1. The van der Waals surface area contributed by atoms with E-state index in [9.17, 15) is 9.59 Å². The molecule has 0 saturated carbocycles. The molecule has 0 aliphatic carbocycles. The highest BCUT2D eigenvalue weighted by Gasteiger charge is 2.33. The zero-order valence-corrected chi connectivity index (χ0v) is 23.6. The Kier molecular flexibility index (Phi) is 7.00. The molecule has 0 bridgehead atoms. The molecule has 200 valence electrons. The van der Waals surface area contributed by atoms with E-state index >= 15 is 0 Å². The maximum Gasteiger partial charge on any atom is 0.338 e. The van der Waals surface area contributed by atoms with Crippen LogP contribution in [-0.2, 0) is 16.1 Å². The van der Waals surface area contributed by atoms with Gasteiger partial charge in [-0.1, -0.05) is 89.7 Å². The monoisotopic (exact) mass is 567 g/mol. The predicted molar refractivity (Wildman–Crippen MR) is 159 cm³/mol. The molecule has 0 saturated heterocycles. The van der Waals surface area contributed by atoms with Crippen LogP contribution in [0.4, 0.5) is 0 Å². The fourth-order valence-corrected chi connectivity index (χ4v) is 6.45. The second-order valence-corrected chi connectivity index (χ2v) is 11.0. The van der Waals surface area contributed by atoms with Crippen LogP contribution in [0.3, 0.4) is 0 Å². The van der Waals surface area contributed by atoms with E-state index in [4.69, 9.17) is 16.3 Å². The molecule has 0 unspecified atom stereocenters. The van der Waals surface area contributed by atoms with Crippen LogP contribution in [0.15, 0.2) is 106 Å². The number of allylic oxidation sites excluding steroid dienone is 1. The normalized spacial score (nSPS) is 15.3. The van der Waals surface area contributed by atoms with E-state index in [0.717, 1.165) is 27.6 Å². The van der Waals surface area contributed by atoms with Crippen molar-refractivity contribution in [2.75, 3.05) is 6.61 Å². The van der Waals surface area contributed by atoms with E-state index < -0.39 is 12.0 Å². The molecule has 40 heavy (non-hydrogen) atoms. The second-order valence-electron chi connectivity index (χ2n) is 9.53. The topological polar surface area (TPSA) is 65.6 Å². The number of carbonyl (C=O) groups excluding carboxylic acids is 1. The molecule has 3 aromatic carbocycles. The zero-order valence-electron chi connectivity index (χ0n) is 22.0. The van der Waals surface area contributed by atoms with Crippen LogP contribution in [0.2, 0.25) is 5.02 Å². The number of rotatable bonds is 6. The van der Waals surface area contributed by atoms with Gasteiger partial charge in [0.05, 0.1) is 28.5 Å². The molecule has 5 aromatic rings. The van der Waals surface area contributed by atoms with Crippen LogP contribution < -0.4 is 14.9 Å². The highest BCUT2D eigenvalue weighted by atomic mass is 35.5. The largest absolute Gasteiger partial charge is 0.463 e. The van der Waals surface area contributed by atoms with Gasteiger partial charge < -0.3 is 9.30 Å². The van der Waals surface area contributed by atoms with Crippen molar-refractivity contribution in [2.24, 2.45) is 4.99 Å². The van der Waals surface area contributed by atoms with Gasteiger partial charge in [0.1, 0.15) is 0 Å². The first-order chi connectivity index (χ1) is 19.5. The summed E-state index contributed by atoms with van der Waals surface area (Å²) in [6, 6.07) is 24.8. The fourth-order valence-electron chi connectivity index (χ4n) is 5.21. The van der Waals surface area contributed by atoms with Gasteiger partial charge in [-0.25, -0.2) is 9.79 Å². The summed E-state index contributed by atoms with van der Waals surface area (Å²) in [7, 11) is 0. The first-order valence-electron chi connectivity index (χ1n) is 13.0. The van der Waals surface area contributed by atoms with Gasteiger partial charge in [-0.05, 0) is 43.2 Å². The number of hydrogen-bond acceptors (Lipinski definition) is 5. The minimum atomic E-state index is -0.625. The molecule has 0 spiro atoms. The Morgan fingerprint density at radius 2 is 1.77 bits per heavy atom. The summed E-state index contributed by atoms with van der Waals surface area (Å²) in [5.74, 6) is -0.463. The lowest BCUT2D eigenvalue weighted by Crippen LogP contribution is -2.39. The van der Waals surface area contributed by atoms with Gasteiger partial charge in [0, 0.05) is 34.2 Å². The Balaban J connectivity index is 1.52. The molecule has 1 aliphatic heterocycles. The summed E-state index contributed by atoms with van der Waals surface area (Å²) in [5, 5.41) is 1.74. The molecular weight excluding hydrogens is 542 g/mol. The summed E-state index contributed by atoms with van der Waals surface area (Å²) in [4.78, 5) is 32.3. The van der Waals surface area contributed by atoms with E-state index in [1.807, 2.05) is 72.8 Å². The van der Waals surface area contributed by atoms with E-state index in [2.05, 4.69) is 27.9 Å². The van der Waals surface area contributed by atoms with Gasteiger partial charge in [-0.3, -0.25) is 9.36 Å². The van der Waals surface area contributed by atoms with Crippen LogP contribution in [0.25, 0.3) is 17.0 Å². The van der Waals surface area contributed by atoms with Gasteiger partial charge in [0.25, 0.3) is 5.56 Å². The van der Waals surface area contributed by atoms with Crippen molar-refractivity contribution in [1.29, 1.82) is 0 Å². The summed E-state index contributed by atoms with van der Waals surface area (Å²) in [6.45, 7) is 4.40. The lowest BCUT2D eigenvalue weighted by atomic mass is 9.96. The van der Waals surface area contributed by atoms with Gasteiger partial charge >= 0.3 is 5.97 Å². The number of fused-ring (bicyclic) bond motifs is 2. The standard InChI is InChI=1S/C32H26ClN3O3S/c1-3-39-31(38)28-20(2)34-32-36(29(28)21-11-5-4-6-12-21)30(37)27(40-32)17-23-19-35(26-16-10-8-14-24(23)26)18-22-13-7-9-15-25(22)33/h4-17,19,29H,3,18H2,1-2H3/b27-17-/t29-/m1/s1. The van der Waals surface area contributed by atoms with E-state index in [1.54, 1.807) is 18.4 Å². The minimum absolute atomic E-state index is 0.199. The number of nitrogens with zero attached hydrogens (tertiary/aromatic N) is 3. The van der Waals surface area contributed by atoms with E-state index in [1.165, 1.54) is 11.3 Å². The number of carbonyl (C=O) groups is 1. The Morgan fingerprint density at radius 1 is 1.05 bits per heavy atom. The molecule has 1 aliphatic rings. The summed E-state index contributed by atoms with van der Waals surface area (Å²) in [6.07, 6.45) is 3.97. The molecular formula is C32H26ClN3O3S. The van der Waals surface area contributed by atoms with Crippen molar-refractivity contribution in [3.63, 3.8) is 0 Å². The van der Waals surface area contributed by atoms with Crippen LogP contribution >= 0.6 is 22.9 Å². The first kappa shape index (κ1) is 26.0. The SMILES string of the molecule is CCOC(=O)C1=C(C)N=c2s/c(=C\c3cn(Cc4ccccc4Cl)c4ccccc34)c(=O)n2[C@@H]1c1ccccc1. The highest BCUT2D eigenvalue weighted by molar-refractivity contribution is 7.07. The summed E-state index contributed by atoms with van der Waals surface area (Å²) >= 11 is 7.78. The Bertz CT molecular complexity index is 1970. The fraction of sp³-hybridized carbons (Fsp3) is 0.156. The molecule has 1 atom stereocenters. The van der Waals surface area contributed by atoms with Crippen LogP contribution in [0, 0.1) is 0 Å². The first-order valence-corrected chi connectivity index (χ1v) is 14.2. The third kappa shape index (κ3) is 4.61. The van der Waals surface area contributed by atoms with Crippen molar-refractivity contribution in [3.05, 3.63) is 138 Å². The average Bonchev–Trinajstić information content (AvgIpc) is 3.46. The highest BCUT2D eigenvalue weighted by Crippen LogP contribution is 2.31. The molecule has 6 rings (SSSR count). The molecule has 6 nitrogen and oxygen atoms in total. The quantitative estimate of drug-likeness (QED) is 0.256. The number of esters is 1. The molecule has 0 amide bonds. The molecule has 0 N–H and O–H groups in total. The molecule has 3 heterocycles. The van der Waals surface area contributed by atoms with Crippen molar-refractivity contribution in [1.82, 2.24) is 9.13 Å². The van der Waals surface area contributed by atoms with Crippen LogP contribution in [-0.4, -0.2) is 21.7 Å². The number of benzene rings is 3. The summed E-state index contributed by atoms with van der Waals surface area (Å²) < 4.78 is 9.69. The van der Waals surface area contributed by atoms with E-state index in [0.29, 0.717) is 32.2 Å². The van der Waals surface area contributed by atoms with Crippen LogP contribution in [0.1, 0.15) is 36.6 Å². The Hall–Kier alpha value is -4.20. The molecule has 2 aromatic heterocycles. The summed E-state index contributed by atoms with van der Waals surface area (Å²) in [5.41, 5.74) is 4.54. The van der Waals surface area contributed by atoms with Gasteiger partial charge in [-0.15, -0.1) is 0 Å². The molecule has 0 radical (unpaired) electrons. The third-order valence-electron chi connectivity index (χ3n) is 7.04. The maximum absolute atomic E-state index is 14.0. The number of ether oxygens (including phenoxy) is 1. The Labute approximate surface area is 239 Å². The minimum Gasteiger partial charge on any atom is -0.463 e. The predicted octanol–water partition coefficient (Wildman–Crippen LogP) is 5.45. The number of halogens is 1. The lowest BCUT2D eigenvalue weighted by molar-refractivity contribution is -0.139. The average molecular weight is 568 g/mol. The maximum atomic E-state index is 14.0. The van der Waals surface area contributed by atoms with Gasteiger partial charge in [0.2, 0.25) is 0 Å². The zero-order chi connectivity index (χ0) is 27.8. The van der Waals surface area contributed by atoms with Crippen LogP contribution in [0.5, 0.6) is 0 Å². The third-order valence-corrected chi connectivity index (χ3v) is 8.39. The number of hydrogen-bond donors (Lipinski definition) is 0. The van der Waals surface area contributed by atoms with E-state index in [-0.39, 0.29) is 12.2 Å². The number of aromatic nitrogens is 2. The molecule has 8 heteroatoms. The lowest BCUT2D eigenvalue weighted by Gasteiger charge is -2.24. The number of thiazole rings is 1. The van der Waals surface area contributed by atoms with Crippen molar-refractivity contribution < 1.29 is 9.53 Å². The van der Waals surface area contributed by atoms with Gasteiger partial charge in [-0.2, -0.15) is 0 Å². The van der Waals surface area contributed by atoms with Crippen molar-refractivity contribution in [2.45, 2.75) is 26.4 Å².